The minimum atomic E-state index is -0.166. The number of phenolic OH excluding ortho intramolecular Hbond substituents is 1. The first kappa shape index (κ1) is 21.5. The van der Waals surface area contributed by atoms with Crippen LogP contribution in [-0.2, 0) is 20.4 Å². The van der Waals surface area contributed by atoms with Crippen molar-refractivity contribution in [3.8, 4) is 5.75 Å². The van der Waals surface area contributed by atoms with E-state index in [4.69, 9.17) is 4.74 Å². The SMILES string of the molecule is CCCOC(=O)CC(CC)c1cc(C(C)(C)C)c(O)c(C(C)(C)C)c1. The maximum Gasteiger partial charge on any atom is 0.306 e. The van der Waals surface area contributed by atoms with E-state index in [1.807, 2.05) is 6.92 Å². The number of carbonyl (C=O) groups is 1. The first-order chi connectivity index (χ1) is 11.4. The van der Waals surface area contributed by atoms with Gasteiger partial charge in [0.2, 0.25) is 0 Å². The third-order valence-electron chi connectivity index (χ3n) is 4.59. The first-order valence-electron chi connectivity index (χ1n) is 9.45. The monoisotopic (exact) mass is 348 g/mol. The lowest BCUT2D eigenvalue weighted by atomic mass is 9.76. The molecule has 0 amide bonds. The van der Waals surface area contributed by atoms with Crippen molar-refractivity contribution >= 4 is 5.97 Å². The smallest absolute Gasteiger partial charge is 0.306 e. The van der Waals surface area contributed by atoms with E-state index in [9.17, 15) is 9.90 Å². The highest BCUT2D eigenvalue weighted by molar-refractivity contribution is 5.70. The van der Waals surface area contributed by atoms with E-state index in [2.05, 4.69) is 60.6 Å². The Bertz CT molecular complexity index is 553. The summed E-state index contributed by atoms with van der Waals surface area (Å²) >= 11 is 0. The highest BCUT2D eigenvalue weighted by atomic mass is 16.5. The summed E-state index contributed by atoms with van der Waals surface area (Å²) in [5, 5.41) is 10.8. The van der Waals surface area contributed by atoms with Gasteiger partial charge in [-0.2, -0.15) is 0 Å². The molecule has 3 nitrogen and oxygen atoms in total. The van der Waals surface area contributed by atoms with Gasteiger partial charge in [-0.3, -0.25) is 4.79 Å². The van der Waals surface area contributed by atoms with Gasteiger partial charge < -0.3 is 9.84 Å². The van der Waals surface area contributed by atoms with Crippen molar-refractivity contribution in [1.29, 1.82) is 0 Å². The summed E-state index contributed by atoms with van der Waals surface area (Å²) in [7, 11) is 0. The molecule has 142 valence electrons. The fourth-order valence-corrected chi connectivity index (χ4v) is 3.01. The van der Waals surface area contributed by atoms with Crippen molar-refractivity contribution in [3.63, 3.8) is 0 Å². The third kappa shape index (κ3) is 5.76. The van der Waals surface area contributed by atoms with E-state index >= 15 is 0 Å². The Morgan fingerprint density at radius 2 is 1.52 bits per heavy atom. The van der Waals surface area contributed by atoms with Gasteiger partial charge >= 0.3 is 5.97 Å². The summed E-state index contributed by atoms with van der Waals surface area (Å²) < 4.78 is 5.28. The van der Waals surface area contributed by atoms with Gasteiger partial charge in [-0.1, -0.05) is 67.5 Å². The van der Waals surface area contributed by atoms with Crippen LogP contribution in [0.4, 0.5) is 0 Å². The standard InChI is InChI=1S/C22H36O3/c1-9-11-25-19(23)14-15(10-2)16-12-17(21(3,4)5)20(24)18(13-16)22(6,7)8/h12-13,15,24H,9-11,14H2,1-8H3. The van der Waals surface area contributed by atoms with Crippen LogP contribution in [-0.4, -0.2) is 17.7 Å². The molecule has 1 aromatic rings. The molecule has 1 N–H and O–H groups in total. The Morgan fingerprint density at radius 3 is 1.88 bits per heavy atom. The molecule has 1 unspecified atom stereocenters. The van der Waals surface area contributed by atoms with Crippen molar-refractivity contribution in [1.82, 2.24) is 0 Å². The number of ether oxygens (including phenoxy) is 1. The average molecular weight is 349 g/mol. The predicted octanol–water partition coefficient (Wildman–Crippen LogP) is 5.82. The van der Waals surface area contributed by atoms with Gasteiger partial charge in [0.1, 0.15) is 5.75 Å². The van der Waals surface area contributed by atoms with Crippen LogP contribution in [0, 0.1) is 0 Å². The maximum absolute atomic E-state index is 12.1. The number of esters is 1. The fourth-order valence-electron chi connectivity index (χ4n) is 3.01. The predicted molar refractivity (Wildman–Crippen MR) is 104 cm³/mol. The van der Waals surface area contributed by atoms with Gasteiger partial charge in [-0.25, -0.2) is 0 Å². The van der Waals surface area contributed by atoms with Gasteiger partial charge in [0, 0.05) is 0 Å². The van der Waals surface area contributed by atoms with Crippen molar-refractivity contribution in [2.24, 2.45) is 0 Å². The second-order valence-corrected chi connectivity index (χ2v) is 8.99. The third-order valence-corrected chi connectivity index (χ3v) is 4.59. The lowest BCUT2D eigenvalue weighted by Gasteiger charge is -2.29. The highest BCUT2D eigenvalue weighted by Gasteiger charge is 2.28. The van der Waals surface area contributed by atoms with E-state index in [1.165, 1.54) is 0 Å². The first-order valence-corrected chi connectivity index (χ1v) is 9.45. The fraction of sp³-hybridized carbons (Fsp3) is 0.682. The molecule has 1 rings (SSSR count). The molecule has 3 heteroatoms. The normalized spacial score (nSPS) is 13.6. The lowest BCUT2D eigenvalue weighted by Crippen LogP contribution is -2.19. The summed E-state index contributed by atoms with van der Waals surface area (Å²) in [4.78, 5) is 12.1. The molecule has 0 spiro atoms. The zero-order chi connectivity index (χ0) is 19.4. The van der Waals surface area contributed by atoms with E-state index in [0.29, 0.717) is 18.8 Å². The van der Waals surface area contributed by atoms with Crippen LogP contribution in [0.15, 0.2) is 12.1 Å². The molecule has 1 atom stereocenters. The Labute approximate surface area is 153 Å². The van der Waals surface area contributed by atoms with Gasteiger partial charge in [-0.05, 0) is 46.3 Å². The number of phenols is 1. The Kier molecular flexibility index (Phi) is 7.10. The Balaban J connectivity index is 3.35. The largest absolute Gasteiger partial charge is 0.507 e. The molecule has 0 saturated heterocycles. The molecule has 0 bridgehead atoms. The summed E-state index contributed by atoms with van der Waals surface area (Å²) in [6.45, 7) is 17.2. The minimum absolute atomic E-state index is 0.104. The van der Waals surface area contributed by atoms with Crippen LogP contribution in [0.3, 0.4) is 0 Å². The van der Waals surface area contributed by atoms with Gasteiger partial charge in [0.05, 0.1) is 13.0 Å². The Morgan fingerprint density at radius 1 is 1.04 bits per heavy atom. The van der Waals surface area contributed by atoms with Crippen LogP contribution >= 0.6 is 0 Å². The quantitative estimate of drug-likeness (QED) is 0.658. The van der Waals surface area contributed by atoms with Crippen LogP contribution in [0.5, 0.6) is 5.75 Å². The number of carbonyl (C=O) groups excluding carboxylic acids is 1. The summed E-state index contributed by atoms with van der Waals surface area (Å²) in [6.07, 6.45) is 2.08. The molecule has 0 heterocycles. The molecule has 0 aliphatic heterocycles. The molecule has 0 aliphatic rings. The molecule has 0 saturated carbocycles. The number of hydrogen-bond acceptors (Lipinski definition) is 3. The van der Waals surface area contributed by atoms with Crippen molar-refractivity contribution in [2.75, 3.05) is 6.61 Å². The van der Waals surface area contributed by atoms with Crippen LogP contribution in [0.1, 0.15) is 97.3 Å². The number of aromatic hydroxyl groups is 1. The zero-order valence-electron chi connectivity index (χ0n) is 17.3. The lowest BCUT2D eigenvalue weighted by molar-refractivity contribution is -0.144. The molecule has 25 heavy (non-hydrogen) atoms. The maximum atomic E-state index is 12.1. The van der Waals surface area contributed by atoms with Gasteiger partial charge in [-0.15, -0.1) is 0 Å². The molecule has 0 fully saturated rings. The summed E-state index contributed by atoms with van der Waals surface area (Å²) in [5.41, 5.74) is 2.66. The van der Waals surface area contributed by atoms with E-state index in [0.717, 1.165) is 29.5 Å². The topological polar surface area (TPSA) is 46.5 Å². The summed E-state index contributed by atoms with van der Waals surface area (Å²) in [5.74, 6) is 0.343. The van der Waals surface area contributed by atoms with E-state index in [1.54, 1.807) is 0 Å². The van der Waals surface area contributed by atoms with E-state index in [-0.39, 0.29) is 22.7 Å². The molecular weight excluding hydrogens is 312 g/mol. The molecule has 1 aromatic carbocycles. The van der Waals surface area contributed by atoms with Gasteiger partial charge in [0.25, 0.3) is 0 Å². The number of rotatable bonds is 6. The summed E-state index contributed by atoms with van der Waals surface area (Å²) in [6, 6.07) is 4.15. The average Bonchev–Trinajstić information content (AvgIpc) is 2.48. The highest BCUT2D eigenvalue weighted by Crippen LogP contribution is 2.42. The van der Waals surface area contributed by atoms with Crippen LogP contribution in [0.25, 0.3) is 0 Å². The molecular formula is C22H36O3. The van der Waals surface area contributed by atoms with Crippen LogP contribution < -0.4 is 0 Å². The Hall–Kier alpha value is -1.51. The van der Waals surface area contributed by atoms with Crippen molar-refractivity contribution < 1.29 is 14.6 Å². The second-order valence-electron chi connectivity index (χ2n) is 8.99. The number of hydrogen-bond donors (Lipinski definition) is 1. The molecule has 0 aromatic heterocycles. The van der Waals surface area contributed by atoms with Crippen LogP contribution in [0.2, 0.25) is 0 Å². The van der Waals surface area contributed by atoms with Gasteiger partial charge in [0.15, 0.2) is 0 Å². The van der Waals surface area contributed by atoms with E-state index < -0.39 is 0 Å². The minimum Gasteiger partial charge on any atom is -0.507 e. The van der Waals surface area contributed by atoms with Crippen molar-refractivity contribution in [3.05, 3.63) is 28.8 Å². The van der Waals surface area contributed by atoms with Crippen molar-refractivity contribution in [2.45, 2.75) is 91.4 Å². The number of benzene rings is 1. The zero-order valence-corrected chi connectivity index (χ0v) is 17.3. The molecule has 0 aliphatic carbocycles. The second kappa shape index (κ2) is 8.25. The molecule has 0 radical (unpaired) electrons.